The molecule has 1 heteroatoms. The molecule has 0 aromatic rings. The van der Waals surface area contributed by atoms with Gasteiger partial charge in [-0.1, -0.05) is 54.0 Å². The van der Waals surface area contributed by atoms with Gasteiger partial charge < -0.3 is 4.74 Å². The third-order valence-corrected chi connectivity index (χ3v) is 5.53. The highest BCUT2D eigenvalue weighted by Crippen LogP contribution is 2.45. The summed E-state index contributed by atoms with van der Waals surface area (Å²) >= 11 is 0. The highest BCUT2D eigenvalue weighted by atomic mass is 16.5. The Kier molecular flexibility index (Phi) is 6.96. The minimum Gasteiger partial charge on any atom is -0.372 e. The molecule has 0 N–H and O–H groups in total. The van der Waals surface area contributed by atoms with Gasteiger partial charge in [0.25, 0.3) is 0 Å². The third kappa shape index (κ3) is 7.42. The summed E-state index contributed by atoms with van der Waals surface area (Å²) in [6, 6.07) is 0. The molecule has 1 rings (SSSR count). The fourth-order valence-electron chi connectivity index (χ4n) is 3.62. The quantitative estimate of drug-likeness (QED) is 0.477. The smallest absolute Gasteiger partial charge is 0.0684 e. The standard InChI is InChI=1S/C22H42O/c1-10-22(8,9)15-19(20(2,3)4)18-13-11-12-17(14-18)16-23-21(5,6)7/h14,18-19H,10-13,15-16H2,1-9H3. The monoisotopic (exact) mass is 322 g/mol. The predicted molar refractivity (Wildman–Crippen MR) is 103 cm³/mol. The van der Waals surface area contributed by atoms with Crippen molar-refractivity contribution in [2.45, 2.75) is 100 Å². The first kappa shape index (κ1) is 20.7. The van der Waals surface area contributed by atoms with Gasteiger partial charge in [-0.3, -0.25) is 0 Å². The van der Waals surface area contributed by atoms with E-state index in [-0.39, 0.29) is 5.60 Å². The lowest BCUT2D eigenvalue weighted by atomic mass is 9.63. The molecule has 0 aromatic heterocycles. The Morgan fingerprint density at radius 3 is 2.17 bits per heavy atom. The number of hydrogen-bond donors (Lipinski definition) is 0. The van der Waals surface area contributed by atoms with E-state index in [1.165, 1.54) is 37.7 Å². The molecule has 23 heavy (non-hydrogen) atoms. The molecule has 0 bridgehead atoms. The molecule has 0 aromatic carbocycles. The minimum absolute atomic E-state index is 0.0403. The van der Waals surface area contributed by atoms with Crippen LogP contribution in [0.3, 0.4) is 0 Å². The molecule has 1 aliphatic carbocycles. The van der Waals surface area contributed by atoms with Crippen molar-refractivity contribution in [3.8, 4) is 0 Å². The average Bonchev–Trinajstić information content (AvgIpc) is 2.41. The first-order valence-electron chi connectivity index (χ1n) is 9.67. The molecule has 0 spiro atoms. The lowest BCUT2D eigenvalue weighted by molar-refractivity contribution is 0.00857. The van der Waals surface area contributed by atoms with Gasteiger partial charge in [0.15, 0.2) is 0 Å². The zero-order valence-corrected chi connectivity index (χ0v) is 17.4. The summed E-state index contributed by atoms with van der Waals surface area (Å²) < 4.78 is 6.04. The normalized spacial score (nSPS) is 22.0. The van der Waals surface area contributed by atoms with Gasteiger partial charge in [0.05, 0.1) is 12.2 Å². The van der Waals surface area contributed by atoms with Crippen molar-refractivity contribution >= 4 is 0 Å². The first-order chi connectivity index (χ1) is 10.3. The van der Waals surface area contributed by atoms with Crippen LogP contribution in [0.1, 0.15) is 94.4 Å². The molecule has 0 heterocycles. The summed E-state index contributed by atoms with van der Waals surface area (Å²) in [5.74, 6) is 1.47. The number of allylic oxidation sites excluding steroid dienone is 1. The maximum atomic E-state index is 6.04. The van der Waals surface area contributed by atoms with E-state index in [2.05, 4.69) is 68.4 Å². The zero-order chi connectivity index (χ0) is 17.9. The van der Waals surface area contributed by atoms with Gasteiger partial charge in [0.2, 0.25) is 0 Å². The van der Waals surface area contributed by atoms with E-state index in [4.69, 9.17) is 4.74 Å². The van der Waals surface area contributed by atoms with E-state index in [9.17, 15) is 0 Å². The molecule has 0 fully saturated rings. The second-order valence-electron chi connectivity index (χ2n) is 10.5. The van der Waals surface area contributed by atoms with Gasteiger partial charge in [-0.15, -0.1) is 0 Å². The van der Waals surface area contributed by atoms with Crippen LogP contribution in [0.15, 0.2) is 11.6 Å². The molecular formula is C22H42O. The van der Waals surface area contributed by atoms with E-state index in [0.717, 1.165) is 12.5 Å². The van der Waals surface area contributed by atoms with Gasteiger partial charge in [-0.2, -0.15) is 0 Å². The second-order valence-corrected chi connectivity index (χ2v) is 10.5. The van der Waals surface area contributed by atoms with Crippen LogP contribution in [0.5, 0.6) is 0 Å². The molecule has 0 saturated carbocycles. The first-order valence-corrected chi connectivity index (χ1v) is 9.67. The van der Waals surface area contributed by atoms with Gasteiger partial charge in [-0.25, -0.2) is 0 Å². The van der Waals surface area contributed by atoms with Crippen molar-refractivity contribution in [2.24, 2.45) is 22.7 Å². The van der Waals surface area contributed by atoms with Crippen molar-refractivity contribution < 1.29 is 4.74 Å². The van der Waals surface area contributed by atoms with Gasteiger partial charge in [0.1, 0.15) is 0 Å². The fraction of sp³-hybridized carbons (Fsp3) is 0.909. The lowest BCUT2D eigenvalue weighted by Crippen LogP contribution is -2.33. The van der Waals surface area contributed by atoms with E-state index in [1.54, 1.807) is 0 Å². The molecular weight excluding hydrogens is 280 g/mol. The molecule has 2 unspecified atom stereocenters. The number of rotatable bonds is 6. The van der Waals surface area contributed by atoms with E-state index < -0.39 is 0 Å². The van der Waals surface area contributed by atoms with Gasteiger partial charge in [-0.05, 0) is 74.7 Å². The van der Waals surface area contributed by atoms with Crippen molar-refractivity contribution in [2.75, 3.05) is 6.61 Å². The van der Waals surface area contributed by atoms with Crippen LogP contribution in [0, 0.1) is 22.7 Å². The summed E-state index contributed by atoms with van der Waals surface area (Å²) in [6.45, 7) is 21.7. The SMILES string of the molecule is CCC(C)(C)CC(C1C=C(COC(C)(C)C)CCC1)C(C)(C)C. The molecule has 2 atom stereocenters. The summed E-state index contributed by atoms with van der Waals surface area (Å²) in [6.07, 6.45) is 9.05. The molecule has 136 valence electrons. The third-order valence-electron chi connectivity index (χ3n) is 5.53. The molecule has 1 nitrogen and oxygen atoms in total. The highest BCUT2D eigenvalue weighted by molar-refractivity contribution is 5.11. The van der Waals surface area contributed by atoms with Crippen molar-refractivity contribution in [3.63, 3.8) is 0 Å². The highest BCUT2D eigenvalue weighted by Gasteiger charge is 2.36. The largest absolute Gasteiger partial charge is 0.372 e. The fourth-order valence-corrected chi connectivity index (χ4v) is 3.62. The van der Waals surface area contributed by atoms with Crippen LogP contribution in [0.2, 0.25) is 0 Å². The Morgan fingerprint density at radius 2 is 1.70 bits per heavy atom. The van der Waals surface area contributed by atoms with Gasteiger partial charge in [0, 0.05) is 0 Å². The second kappa shape index (κ2) is 7.72. The van der Waals surface area contributed by atoms with Crippen molar-refractivity contribution in [1.82, 2.24) is 0 Å². The van der Waals surface area contributed by atoms with Crippen LogP contribution in [0.4, 0.5) is 0 Å². The van der Waals surface area contributed by atoms with Crippen molar-refractivity contribution in [1.29, 1.82) is 0 Å². The molecule has 0 saturated heterocycles. The average molecular weight is 323 g/mol. The molecule has 1 aliphatic rings. The maximum absolute atomic E-state index is 6.04. The molecule has 0 radical (unpaired) electrons. The summed E-state index contributed by atoms with van der Waals surface area (Å²) in [5, 5.41) is 0. The van der Waals surface area contributed by atoms with Crippen LogP contribution in [-0.4, -0.2) is 12.2 Å². The Labute approximate surface area is 146 Å². The zero-order valence-electron chi connectivity index (χ0n) is 17.4. The topological polar surface area (TPSA) is 9.23 Å². The van der Waals surface area contributed by atoms with E-state index >= 15 is 0 Å². The predicted octanol–water partition coefficient (Wildman–Crippen LogP) is 7.02. The summed E-state index contributed by atoms with van der Waals surface area (Å²) in [7, 11) is 0. The Morgan fingerprint density at radius 1 is 1.09 bits per heavy atom. The van der Waals surface area contributed by atoms with Crippen LogP contribution >= 0.6 is 0 Å². The van der Waals surface area contributed by atoms with Crippen LogP contribution in [0.25, 0.3) is 0 Å². The summed E-state index contributed by atoms with van der Waals surface area (Å²) in [4.78, 5) is 0. The lowest BCUT2D eigenvalue weighted by Gasteiger charge is -2.42. The minimum atomic E-state index is -0.0403. The van der Waals surface area contributed by atoms with Crippen molar-refractivity contribution in [3.05, 3.63) is 11.6 Å². The van der Waals surface area contributed by atoms with E-state index in [1.807, 2.05) is 0 Å². The van der Waals surface area contributed by atoms with E-state index in [0.29, 0.717) is 16.7 Å². The van der Waals surface area contributed by atoms with Crippen LogP contribution in [-0.2, 0) is 4.74 Å². The number of hydrogen-bond acceptors (Lipinski definition) is 1. The van der Waals surface area contributed by atoms with Crippen LogP contribution < -0.4 is 0 Å². The number of ether oxygens (including phenoxy) is 1. The Hall–Kier alpha value is -0.300. The Balaban J connectivity index is 2.89. The Bertz CT molecular complexity index is 389. The summed E-state index contributed by atoms with van der Waals surface area (Å²) in [5.41, 5.74) is 2.29. The maximum Gasteiger partial charge on any atom is 0.0684 e. The van der Waals surface area contributed by atoms with Gasteiger partial charge >= 0.3 is 0 Å². The molecule has 0 amide bonds. The molecule has 0 aliphatic heterocycles.